The van der Waals surface area contributed by atoms with Gasteiger partial charge in [0.2, 0.25) is 0 Å². The molecule has 90 valence electrons. The van der Waals surface area contributed by atoms with Crippen LogP contribution in [0.25, 0.3) is 10.9 Å². The van der Waals surface area contributed by atoms with Gasteiger partial charge in [0.25, 0.3) is 0 Å². The van der Waals surface area contributed by atoms with Gasteiger partial charge < -0.3 is 20.2 Å². The van der Waals surface area contributed by atoms with Crippen molar-refractivity contribution in [3.63, 3.8) is 0 Å². The number of hydrogen-bond donors (Lipinski definition) is 2. The summed E-state index contributed by atoms with van der Waals surface area (Å²) in [6, 6.07) is 3.30. The number of nitrogen functional groups attached to an aromatic ring is 1. The van der Waals surface area contributed by atoms with E-state index < -0.39 is 5.97 Å². The van der Waals surface area contributed by atoms with Crippen molar-refractivity contribution >= 4 is 34.3 Å². The van der Waals surface area contributed by atoms with Crippen LogP contribution in [0.2, 0.25) is 5.02 Å². The average molecular weight is 255 g/mol. The zero-order valence-electron chi connectivity index (χ0n) is 9.33. The molecule has 1 aromatic heterocycles. The first-order chi connectivity index (χ1) is 8.08. The molecule has 0 atom stereocenters. The lowest BCUT2D eigenvalue weighted by Crippen LogP contribution is -2.03. The Labute approximate surface area is 102 Å². The van der Waals surface area contributed by atoms with E-state index in [4.69, 9.17) is 22.1 Å². The number of carbonyl (C=O) groups excluding carboxylic acids is 1. The predicted octanol–water partition coefficient (Wildman–Crippen LogP) is 2.20. The zero-order valence-corrected chi connectivity index (χ0v) is 10.1. The van der Waals surface area contributed by atoms with Gasteiger partial charge >= 0.3 is 5.97 Å². The average Bonchev–Trinajstić information content (AvgIpc) is 2.62. The standard InChI is InChI=1S/C11H11ClN2O3/c1-16-8-4-7-5(3-6(8)12)9(10(13)14-7)11(15)17-2/h3-4,14H,13H2,1-2H3. The van der Waals surface area contributed by atoms with Gasteiger partial charge in [0.15, 0.2) is 0 Å². The molecular weight excluding hydrogens is 244 g/mol. The number of rotatable bonds is 2. The SMILES string of the molecule is COC(=O)c1c(N)[nH]c2cc(OC)c(Cl)cc12. The first-order valence-corrected chi connectivity index (χ1v) is 5.19. The molecule has 3 N–H and O–H groups in total. The molecule has 0 spiro atoms. The number of carbonyl (C=O) groups is 1. The molecule has 1 heterocycles. The minimum atomic E-state index is -0.505. The molecule has 0 unspecified atom stereocenters. The van der Waals surface area contributed by atoms with Crippen LogP contribution in [0.3, 0.4) is 0 Å². The lowest BCUT2D eigenvalue weighted by molar-refractivity contribution is 0.0604. The summed E-state index contributed by atoms with van der Waals surface area (Å²) < 4.78 is 9.75. The third-order valence-electron chi connectivity index (χ3n) is 2.49. The quantitative estimate of drug-likeness (QED) is 0.806. The molecule has 0 aliphatic heterocycles. The Balaban J connectivity index is 2.74. The molecule has 6 heteroatoms. The van der Waals surface area contributed by atoms with Gasteiger partial charge in [-0.2, -0.15) is 0 Å². The van der Waals surface area contributed by atoms with Gasteiger partial charge in [-0.15, -0.1) is 0 Å². The number of fused-ring (bicyclic) bond motifs is 1. The number of aromatic nitrogens is 1. The van der Waals surface area contributed by atoms with E-state index in [1.54, 1.807) is 12.1 Å². The van der Waals surface area contributed by atoms with Crippen molar-refractivity contribution in [1.29, 1.82) is 0 Å². The summed E-state index contributed by atoms with van der Waals surface area (Å²) in [5, 5.41) is 1.02. The molecule has 0 bridgehead atoms. The number of benzene rings is 1. The molecule has 17 heavy (non-hydrogen) atoms. The van der Waals surface area contributed by atoms with Crippen LogP contribution in [-0.4, -0.2) is 25.2 Å². The summed E-state index contributed by atoms with van der Waals surface area (Å²) in [7, 11) is 2.81. The summed E-state index contributed by atoms with van der Waals surface area (Å²) in [4.78, 5) is 14.5. The van der Waals surface area contributed by atoms with Crippen LogP contribution in [0.4, 0.5) is 5.82 Å². The topological polar surface area (TPSA) is 77.3 Å². The highest BCUT2D eigenvalue weighted by atomic mass is 35.5. The number of anilines is 1. The molecule has 0 aliphatic carbocycles. The van der Waals surface area contributed by atoms with E-state index in [-0.39, 0.29) is 11.4 Å². The van der Waals surface area contributed by atoms with Crippen molar-refractivity contribution in [1.82, 2.24) is 4.98 Å². The van der Waals surface area contributed by atoms with Crippen molar-refractivity contribution in [2.45, 2.75) is 0 Å². The van der Waals surface area contributed by atoms with Gasteiger partial charge in [-0.05, 0) is 6.07 Å². The summed E-state index contributed by atoms with van der Waals surface area (Å²) in [6.07, 6.45) is 0. The van der Waals surface area contributed by atoms with Gasteiger partial charge in [-0.3, -0.25) is 0 Å². The largest absolute Gasteiger partial charge is 0.495 e. The maximum atomic E-state index is 11.6. The predicted molar refractivity (Wildman–Crippen MR) is 65.6 cm³/mol. The van der Waals surface area contributed by atoms with Crippen LogP contribution in [-0.2, 0) is 4.74 Å². The van der Waals surface area contributed by atoms with Crippen LogP contribution in [0.5, 0.6) is 5.75 Å². The summed E-state index contributed by atoms with van der Waals surface area (Å²) in [5.74, 6) is 0.253. The molecule has 0 amide bonds. The fraction of sp³-hybridized carbons (Fsp3) is 0.182. The third-order valence-corrected chi connectivity index (χ3v) is 2.78. The minimum absolute atomic E-state index is 0.246. The lowest BCUT2D eigenvalue weighted by Gasteiger charge is -2.03. The maximum absolute atomic E-state index is 11.6. The van der Waals surface area contributed by atoms with Crippen molar-refractivity contribution < 1.29 is 14.3 Å². The second-order valence-electron chi connectivity index (χ2n) is 3.44. The number of nitrogens with two attached hydrogens (primary N) is 1. The monoisotopic (exact) mass is 254 g/mol. The van der Waals surface area contributed by atoms with Gasteiger partial charge in [-0.1, -0.05) is 11.6 Å². The fourth-order valence-corrected chi connectivity index (χ4v) is 1.94. The fourth-order valence-electron chi connectivity index (χ4n) is 1.69. The number of ether oxygens (including phenoxy) is 2. The van der Waals surface area contributed by atoms with Gasteiger partial charge in [0.05, 0.1) is 24.8 Å². The normalized spacial score (nSPS) is 10.5. The molecule has 0 aliphatic rings. The van der Waals surface area contributed by atoms with E-state index in [1.807, 2.05) is 0 Å². The Morgan fingerprint density at radius 2 is 2.12 bits per heavy atom. The lowest BCUT2D eigenvalue weighted by atomic mass is 10.1. The highest BCUT2D eigenvalue weighted by Crippen LogP contribution is 2.33. The van der Waals surface area contributed by atoms with Crippen LogP contribution in [0.1, 0.15) is 10.4 Å². The highest BCUT2D eigenvalue weighted by molar-refractivity contribution is 6.33. The molecule has 1 aromatic carbocycles. The van der Waals surface area contributed by atoms with E-state index in [1.165, 1.54) is 14.2 Å². The van der Waals surface area contributed by atoms with Crippen molar-refractivity contribution in [2.75, 3.05) is 20.0 Å². The number of hydrogen-bond acceptors (Lipinski definition) is 4. The number of methoxy groups -OCH3 is 2. The van der Waals surface area contributed by atoms with Crippen molar-refractivity contribution in [2.24, 2.45) is 0 Å². The molecule has 5 nitrogen and oxygen atoms in total. The maximum Gasteiger partial charge on any atom is 0.342 e. The van der Waals surface area contributed by atoms with Crippen molar-refractivity contribution in [3.8, 4) is 5.75 Å². The molecule has 0 fully saturated rings. The summed E-state index contributed by atoms with van der Waals surface area (Å²) in [5.41, 5.74) is 6.69. The molecule has 0 radical (unpaired) electrons. The Morgan fingerprint density at radius 1 is 1.41 bits per heavy atom. The number of aromatic amines is 1. The smallest absolute Gasteiger partial charge is 0.342 e. The molecule has 2 rings (SSSR count). The van der Waals surface area contributed by atoms with Crippen LogP contribution >= 0.6 is 11.6 Å². The zero-order chi connectivity index (χ0) is 12.6. The van der Waals surface area contributed by atoms with Crippen molar-refractivity contribution in [3.05, 3.63) is 22.7 Å². The Kier molecular flexibility index (Phi) is 2.85. The second kappa shape index (κ2) is 4.18. The van der Waals surface area contributed by atoms with E-state index in [9.17, 15) is 4.79 Å². The molecule has 0 saturated carbocycles. The number of H-pyrrole nitrogens is 1. The Hall–Kier alpha value is -1.88. The molecule has 2 aromatic rings. The number of esters is 1. The van der Waals surface area contributed by atoms with Crippen LogP contribution in [0.15, 0.2) is 12.1 Å². The van der Waals surface area contributed by atoms with Crippen LogP contribution < -0.4 is 10.5 Å². The van der Waals surface area contributed by atoms with Gasteiger partial charge in [-0.25, -0.2) is 4.79 Å². The number of halogens is 1. The van der Waals surface area contributed by atoms with E-state index in [0.29, 0.717) is 21.7 Å². The highest BCUT2D eigenvalue weighted by Gasteiger charge is 2.19. The van der Waals surface area contributed by atoms with Gasteiger partial charge in [0.1, 0.15) is 17.1 Å². The second-order valence-corrected chi connectivity index (χ2v) is 3.84. The minimum Gasteiger partial charge on any atom is -0.495 e. The third kappa shape index (κ3) is 1.78. The van der Waals surface area contributed by atoms with Crippen LogP contribution in [0, 0.1) is 0 Å². The van der Waals surface area contributed by atoms with Gasteiger partial charge in [0, 0.05) is 11.5 Å². The molecular formula is C11H11ClN2O3. The summed E-state index contributed by atoms with van der Waals surface area (Å²) >= 11 is 6.00. The van der Waals surface area contributed by atoms with E-state index in [2.05, 4.69) is 9.72 Å². The first-order valence-electron chi connectivity index (χ1n) is 4.81. The van der Waals surface area contributed by atoms with E-state index in [0.717, 1.165) is 0 Å². The number of nitrogens with one attached hydrogen (secondary N) is 1. The summed E-state index contributed by atoms with van der Waals surface area (Å²) in [6.45, 7) is 0. The van der Waals surface area contributed by atoms with E-state index >= 15 is 0 Å². The molecule has 0 saturated heterocycles. The Morgan fingerprint density at radius 3 is 2.71 bits per heavy atom. The Bertz CT molecular complexity index is 592. The first kappa shape index (κ1) is 11.6.